The van der Waals surface area contributed by atoms with E-state index in [9.17, 15) is 9.59 Å². The summed E-state index contributed by atoms with van der Waals surface area (Å²) in [5.74, 6) is 0.00149. The van der Waals surface area contributed by atoms with Crippen LogP contribution < -0.4 is 5.73 Å². The maximum Gasteiger partial charge on any atom is 0.226 e. The van der Waals surface area contributed by atoms with Gasteiger partial charge in [-0.1, -0.05) is 27.7 Å². The number of nitrogens with two attached hydrogens (primary N) is 1. The molecular formula is C16H28N2O2. The average Bonchev–Trinajstić information content (AvgIpc) is 2.18. The smallest absolute Gasteiger partial charge is 0.226 e. The van der Waals surface area contributed by atoms with Gasteiger partial charge in [-0.3, -0.25) is 9.59 Å². The van der Waals surface area contributed by atoms with Crippen LogP contribution in [-0.2, 0) is 9.59 Å². The van der Waals surface area contributed by atoms with Crippen LogP contribution in [0.25, 0.3) is 0 Å². The van der Waals surface area contributed by atoms with E-state index in [-0.39, 0.29) is 28.6 Å². The van der Waals surface area contributed by atoms with Crippen LogP contribution in [0.15, 0.2) is 0 Å². The topological polar surface area (TPSA) is 63.4 Å². The molecular weight excluding hydrogens is 252 g/mol. The van der Waals surface area contributed by atoms with E-state index in [2.05, 4.69) is 27.7 Å². The van der Waals surface area contributed by atoms with Crippen molar-refractivity contribution in [2.24, 2.45) is 27.9 Å². The number of amides is 2. The predicted molar refractivity (Wildman–Crippen MR) is 78.8 cm³/mol. The van der Waals surface area contributed by atoms with Crippen LogP contribution in [-0.4, -0.2) is 29.8 Å². The van der Waals surface area contributed by atoms with Gasteiger partial charge in [0.05, 0.1) is 5.41 Å². The monoisotopic (exact) mass is 280 g/mol. The summed E-state index contributed by atoms with van der Waals surface area (Å²) in [4.78, 5) is 25.8. The Morgan fingerprint density at radius 3 is 1.85 bits per heavy atom. The zero-order valence-corrected chi connectivity index (χ0v) is 13.5. The number of hydrogen-bond donors (Lipinski definition) is 1. The Kier molecular flexibility index (Phi) is 3.43. The number of likely N-dealkylation sites (tertiary alicyclic amines) is 1. The molecule has 2 amide bonds. The molecule has 0 radical (unpaired) electrons. The Morgan fingerprint density at radius 1 is 1.00 bits per heavy atom. The van der Waals surface area contributed by atoms with Crippen molar-refractivity contribution in [3.05, 3.63) is 0 Å². The zero-order chi connectivity index (χ0) is 15.3. The highest BCUT2D eigenvalue weighted by molar-refractivity contribution is 5.87. The highest BCUT2D eigenvalue weighted by Gasteiger charge is 2.49. The van der Waals surface area contributed by atoms with Crippen LogP contribution >= 0.6 is 0 Å². The van der Waals surface area contributed by atoms with E-state index in [0.29, 0.717) is 13.1 Å². The van der Waals surface area contributed by atoms with Crippen molar-refractivity contribution in [3.63, 3.8) is 0 Å². The molecule has 114 valence electrons. The first kappa shape index (κ1) is 15.3. The largest absolute Gasteiger partial charge is 0.369 e. The molecule has 1 saturated heterocycles. The van der Waals surface area contributed by atoms with Gasteiger partial charge >= 0.3 is 0 Å². The fourth-order valence-corrected chi connectivity index (χ4v) is 4.39. The second-order valence-corrected chi connectivity index (χ2v) is 8.73. The maximum absolute atomic E-state index is 12.6. The van der Waals surface area contributed by atoms with Gasteiger partial charge in [-0.2, -0.15) is 0 Å². The third-order valence-corrected chi connectivity index (χ3v) is 4.89. The number of nitrogens with zero attached hydrogens (tertiary/aromatic N) is 1. The Balaban J connectivity index is 2.02. The molecule has 2 fully saturated rings. The normalized spacial score (nSPS) is 27.8. The molecule has 0 aromatic rings. The Bertz CT molecular complexity index is 418. The maximum atomic E-state index is 12.6. The average molecular weight is 280 g/mol. The van der Waals surface area contributed by atoms with Crippen LogP contribution in [0, 0.1) is 22.2 Å². The number of carbonyl (C=O) groups is 2. The van der Waals surface area contributed by atoms with E-state index < -0.39 is 5.41 Å². The molecule has 0 aromatic heterocycles. The molecule has 1 heterocycles. The summed E-state index contributed by atoms with van der Waals surface area (Å²) in [6.07, 6.45) is 3.04. The van der Waals surface area contributed by atoms with Crippen molar-refractivity contribution in [2.75, 3.05) is 13.1 Å². The number of carbonyl (C=O) groups excluding carboxylic acids is 2. The molecule has 1 aliphatic heterocycles. The van der Waals surface area contributed by atoms with Gasteiger partial charge in [-0.15, -0.1) is 0 Å². The molecule has 0 bridgehead atoms. The van der Waals surface area contributed by atoms with Crippen molar-refractivity contribution in [1.82, 2.24) is 4.90 Å². The molecule has 2 rings (SSSR count). The van der Waals surface area contributed by atoms with Gasteiger partial charge in [-0.25, -0.2) is 0 Å². The Labute approximate surface area is 122 Å². The van der Waals surface area contributed by atoms with E-state index >= 15 is 0 Å². The third-order valence-electron chi connectivity index (χ3n) is 4.89. The SMILES string of the molecule is CC1(C)CC(C(=O)N2CC(C)(C(N)=O)C2)CC(C)(C)C1. The number of rotatable bonds is 2. The molecule has 4 heteroatoms. The zero-order valence-electron chi connectivity index (χ0n) is 13.5. The number of primary amides is 1. The minimum atomic E-state index is -0.518. The van der Waals surface area contributed by atoms with Gasteiger partial charge < -0.3 is 10.6 Å². The van der Waals surface area contributed by atoms with Gasteiger partial charge in [0.2, 0.25) is 11.8 Å². The van der Waals surface area contributed by atoms with E-state index in [1.807, 2.05) is 11.8 Å². The van der Waals surface area contributed by atoms with Gasteiger partial charge in [0.1, 0.15) is 0 Å². The van der Waals surface area contributed by atoms with E-state index in [1.54, 1.807) is 0 Å². The third kappa shape index (κ3) is 2.84. The van der Waals surface area contributed by atoms with Crippen LogP contribution in [0.4, 0.5) is 0 Å². The minimum absolute atomic E-state index is 0.0891. The second kappa shape index (κ2) is 4.47. The first-order valence-corrected chi connectivity index (χ1v) is 7.53. The lowest BCUT2D eigenvalue weighted by atomic mass is 9.61. The molecule has 20 heavy (non-hydrogen) atoms. The van der Waals surface area contributed by atoms with Crippen molar-refractivity contribution in [2.45, 2.75) is 53.9 Å². The van der Waals surface area contributed by atoms with E-state index in [0.717, 1.165) is 19.3 Å². The van der Waals surface area contributed by atoms with Crippen molar-refractivity contribution < 1.29 is 9.59 Å². The van der Waals surface area contributed by atoms with Crippen molar-refractivity contribution in [1.29, 1.82) is 0 Å². The first-order chi connectivity index (χ1) is 8.94. The van der Waals surface area contributed by atoms with Crippen molar-refractivity contribution in [3.8, 4) is 0 Å². The van der Waals surface area contributed by atoms with Gasteiger partial charge in [0.25, 0.3) is 0 Å². The van der Waals surface area contributed by atoms with Gasteiger partial charge in [0, 0.05) is 19.0 Å². The lowest BCUT2D eigenvalue weighted by molar-refractivity contribution is -0.156. The second-order valence-electron chi connectivity index (χ2n) is 8.73. The lowest BCUT2D eigenvalue weighted by Crippen LogP contribution is -2.63. The highest BCUT2D eigenvalue weighted by Crippen LogP contribution is 2.49. The highest BCUT2D eigenvalue weighted by atomic mass is 16.2. The summed E-state index contributed by atoms with van der Waals surface area (Å²) in [5.41, 5.74) is 5.28. The van der Waals surface area contributed by atoms with Crippen LogP contribution in [0.5, 0.6) is 0 Å². The molecule has 4 nitrogen and oxygen atoms in total. The van der Waals surface area contributed by atoms with Crippen molar-refractivity contribution >= 4 is 11.8 Å². The lowest BCUT2D eigenvalue weighted by Gasteiger charge is -2.50. The van der Waals surface area contributed by atoms with Crippen LogP contribution in [0.3, 0.4) is 0 Å². The quantitative estimate of drug-likeness (QED) is 0.842. The number of hydrogen-bond acceptors (Lipinski definition) is 2. The van der Waals surface area contributed by atoms with Gasteiger partial charge in [-0.05, 0) is 37.0 Å². The standard InChI is InChI=1S/C16H28N2O2/c1-14(2)6-11(7-15(3,4)8-14)12(19)18-9-16(5,10-18)13(17)20/h11H,6-10H2,1-5H3,(H2,17,20). The fourth-order valence-electron chi connectivity index (χ4n) is 4.39. The van der Waals surface area contributed by atoms with E-state index in [1.165, 1.54) is 0 Å². The predicted octanol–water partition coefficient (Wildman–Crippen LogP) is 2.17. The molecule has 1 saturated carbocycles. The summed E-state index contributed by atoms with van der Waals surface area (Å²) in [5, 5.41) is 0. The Hall–Kier alpha value is -1.06. The van der Waals surface area contributed by atoms with Gasteiger partial charge in [0.15, 0.2) is 0 Å². The Morgan fingerprint density at radius 2 is 1.45 bits per heavy atom. The molecule has 0 aromatic carbocycles. The minimum Gasteiger partial charge on any atom is -0.369 e. The van der Waals surface area contributed by atoms with E-state index in [4.69, 9.17) is 5.73 Å². The van der Waals surface area contributed by atoms with Crippen LogP contribution in [0.1, 0.15) is 53.9 Å². The molecule has 2 aliphatic rings. The summed E-state index contributed by atoms with van der Waals surface area (Å²) < 4.78 is 0. The molecule has 0 atom stereocenters. The molecule has 2 N–H and O–H groups in total. The summed E-state index contributed by atoms with van der Waals surface area (Å²) >= 11 is 0. The first-order valence-electron chi connectivity index (χ1n) is 7.53. The molecule has 0 spiro atoms. The summed E-state index contributed by atoms with van der Waals surface area (Å²) in [7, 11) is 0. The summed E-state index contributed by atoms with van der Waals surface area (Å²) in [6.45, 7) is 11.8. The van der Waals surface area contributed by atoms with Crippen LogP contribution in [0.2, 0.25) is 0 Å². The fraction of sp³-hybridized carbons (Fsp3) is 0.875. The molecule has 1 aliphatic carbocycles. The summed E-state index contributed by atoms with van der Waals surface area (Å²) in [6, 6.07) is 0. The molecule has 0 unspecified atom stereocenters.